The number of halogens is 1. The number of phenols is 1. The molecule has 2 saturated heterocycles. The number of nitrogens with zero attached hydrogens (tertiary/aromatic N) is 4. The SMILES string of the molecule is Cc1cc(=O)c2cc(-c3ncc(N(C)[C@@H]4C[C@H]5CC[C@H](N5)[C@@H]4F)nn3)c(O)cc2o1. The summed E-state index contributed by atoms with van der Waals surface area (Å²) >= 11 is 0. The van der Waals surface area contributed by atoms with Crippen LogP contribution in [0, 0.1) is 6.92 Å². The maximum atomic E-state index is 14.8. The fraction of sp³-hybridized carbons (Fsp3) is 0.429. The number of anilines is 1. The van der Waals surface area contributed by atoms with Crippen molar-refractivity contribution >= 4 is 16.8 Å². The van der Waals surface area contributed by atoms with Crippen LogP contribution in [0.1, 0.15) is 25.0 Å². The summed E-state index contributed by atoms with van der Waals surface area (Å²) in [4.78, 5) is 18.4. The van der Waals surface area contributed by atoms with Crippen LogP contribution in [0.3, 0.4) is 0 Å². The lowest BCUT2D eigenvalue weighted by atomic mass is 9.96. The third kappa shape index (κ3) is 3.09. The number of alkyl halides is 1. The Balaban J connectivity index is 1.45. The number of hydrogen-bond donors (Lipinski definition) is 2. The first kappa shape index (κ1) is 18.9. The van der Waals surface area contributed by atoms with Crippen LogP contribution in [-0.4, -0.2) is 51.6 Å². The molecule has 4 heterocycles. The van der Waals surface area contributed by atoms with Crippen LogP contribution in [0.5, 0.6) is 5.75 Å². The van der Waals surface area contributed by atoms with Gasteiger partial charge in [-0.05, 0) is 32.3 Å². The molecule has 0 saturated carbocycles. The van der Waals surface area contributed by atoms with Gasteiger partial charge in [0.1, 0.15) is 23.3 Å². The van der Waals surface area contributed by atoms with E-state index < -0.39 is 6.17 Å². The lowest BCUT2D eigenvalue weighted by molar-refractivity contribution is 0.176. The molecule has 0 radical (unpaired) electrons. The summed E-state index contributed by atoms with van der Waals surface area (Å²) < 4.78 is 20.3. The van der Waals surface area contributed by atoms with Crippen LogP contribution in [0.25, 0.3) is 22.4 Å². The Morgan fingerprint density at radius 1 is 1.27 bits per heavy atom. The van der Waals surface area contributed by atoms with Gasteiger partial charge in [-0.2, -0.15) is 0 Å². The fourth-order valence-corrected chi connectivity index (χ4v) is 4.56. The molecule has 0 amide bonds. The van der Waals surface area contributed by atoms with E-state index >= 15 is 0 Å². The maximum absolute atomic E-state index is 14.8. The molecule has 0 aliphatic carbocycles. The third-order valence-electron chi connectivity index (χ3n) is 6.17. The minimum absolute atomic E-state index is 0.110. The molecule has 5 rings (SSSR count). The monoisotopic (exact) mass is 411 g/mol. The largest absolute Gasteiger partial charge is 0.507 e. The highest BCUT2D eigenvalue weighted by Gasteiger charge is 2.43. The van der Waals surface area contributed by atoms with E-state index in [0.29, 0.717) is 35.0 Å². The number of piperidine rings is 1. The van der Waals surface area contributed by atoms with Gasteiger partial charge < -0.3 is 19.7 Å². The molecule has 2 aliphatic rings. The minimum atomic E-state index is -0.984. The van der Waals surface area contributed by atoms with E-state index in [-0.39, 0.29) is 34.6 Å². The first-order valence-electron chi connectivity index (χ1n) is 10.0. The quantitative estimate of drug-likeness (QED) is 0.677. The van der Waals surface area contributed by atoms with E-state index in [4.69, 9.17) is 4.42 Å². The lowest BCUT2D eigenvalue weighted by Crippen LogP contribution is -2.55. The number of hydrogen-bond acceptors (Lipinski definition) is 8. The molecule has 2 bridgehead atoms. The summed E-state index contributed by atoms with van der Waals surface area (Å²) in [6.45, 7) is 1.67. The Morgan fingerprint density at radius 3 is 2.87 bits per heavy atom. The van der Waals surface area contributed by atoms with Gasteiger partial charge in [0.15, 0.2) is 17.1 Å². The van der Waals surface area contributed by atoms with Crippen LogP contribution >= 0.6 is 0 Å². The second kappa shape index (κ2) is 7.02. The molecular formula is C21H22FN5O3. The zero-order chi connectivity index (χ0) is 21.0. The average Bonchev–Trinajstić information content (AvgIpc) is 3.13. The van der Waals surface area contributed by atoms with Crippen molar-refractivity contribution < 1.29 is 13.9 Å². The smallest absolute Gasteiger partial charge is 0.192 e. The standard InChI is InChI=1S/C21H22FN5O3/c1-10-5-16(28)12-7-13(17(29)8-18(12)30-10)21-23-9-19(25-26-21)27(2)15-6-11-3-4-14(24-11)20(15)22/h5,7-9,11,14-15,20,24,29H,3-4,6H2,1-2H3/t11-,14+,15-,20+/m1/s1. The summed E-state index contributed by atoms with van der Waals surface area (Å²) in [5.41, 5.74) is 0.359. The molecule has 8 nitrogen and oxygen atoms in total. The Hall–Kier alpha value is -3.07. The number of nitrogens with one attached hydrogen (secondary N) is 1. The normalized spacial score (nSPS) is 25.6. The van der Waals surface area contributed by atoms with Crippen LogP contribution in [-0.2, 0) is 0 Å². The number of rotatable bonds is 3. The van der Waals surface area contributed by atoms with Crippen LogP contribution in [0.4, 0.5) is 10.2 Å². The van der Waals surface area contributed by atoms with E-state index in [2.05, 4.69) is 20.5 Å². The lowest BCUT2D eigenvalue weighted by Gasteiger charge is -2.38. The van der Waals surface area contributed by atoms with Crippen molar-refractivity contribution in [2.45, 2.75) is 50.5 Å². The summed E-state index contributed by atoms with van der Waals surface area (Å²) in [6, 6.07) is 4.20. The molecule has 0 unspecified atom stereocenters. The van der Waals surface area contributed by atoms with E-state index in [1.807, 2.05) is 0 Å². The zero-order valence-electron chi connectivity index (χ0n) is 16.7. The van der Waals surface area contributed by atoms with Crippen LogP contribution in [0.15, 0.2) is 33.6 Å². The van der Waals surface area contributed by atoms with Crippen molar-refractivity contribution in [1.82, 2.24) is 20.5 Å². The molecular weight excluding hydrogens is 389 g/mol. The highest BCUT2D eigenvalue weighted by molar-refractivity contribution is 5.85. The molecule has 2 N–H and O–H groups in total. The molecule has 2 fully saturated rings. The number of fused-ring (bicyclic) bond motifs is 3. The number of aryl methyl sites for hydroxylation is 1. The summed E-state index contributed by atoms with van der Waals surface area (Å²) in [5, 5.41) is 22.4. The Morgan fingerprint density at radius 2 is 2.10 bits per heavy atom. The van der Waals surface area contributed by atoms with E-state index in [1.165, 1.54) is 24.4 Å². The summed E-state index contributed by atoms with van der Waals surface area (Å²) in [7, 11) is 1.80. The van der Waals surface area contributed by atoms with Gasteiger partial charge in [-0.3, -0.25) is 4.79 Å². The van der Waals surface area contributed by atoms with E-state index in [9.17, 15) is 14.3 Å². The highest BCUT2D eigenvalue weighted by Crippen LogP contribution is 2.34. The van der Waals surface area contributed by atoms with E-state index in [0.717, 1.165) is 12.8 Å². The molecule has 9 heteroatoms. The first-order valence-corrected chi connectivity index (χ1v) is 10.0. The van der Waals surface area contributed by atoms with Gasteiger partial charge in [-0.25, -0.2) is 9.37 Å². The molecule has 4 atom stereocenters. The number of aromatic hydroxyl groups is 1. The number of phenolic OH excluding ortho intramolecular Hbond substituents is 1. The zero-order valence-corrected chi connectivity index (χ0v) is 16.7. The van der Waals surface area contributed by atoms with Gasteiger partial charge in [0, 0.05) is 31.3 Å². The summed E-state index contributed by atoms with van der Waals surface area (Å²) in [6.07, 6.45) is 3.08. The van der Waals surface area contributed by atoms with Crippen molar-refractivity contribution in [2.24, 2.45) is 0 Å². The molecule has 30 heavy (non-hydrogen) atoms. The molecule has 1 aromatic carbocycles. The highest BCUT2D eigenvalue weighted by atomic mass is 19.1. The number of benzene rings is 1. The Bertz CT molecular complexity index is 1170. The molecule has 3 aromatic rings. The van der Waals surface area contributed by atoms with Crippen molar-refractivity contribution in [3.63, 3.8) is 0 Å². The predicted octanol–water partition coefficient (Wildman–Crippen LogP) is 2.33. The third-order valence-corrected chi connectivity index (χ3v) is 6.17. The molecule has 156 valence electrons. The van der Waals surface area contributed by atoms with Gasteiger partial charge in [0.25, 0.3) is 0 Å². The maximum Gasteiger partial charge on any atom is 0.192 e. The van der Waals surface area contributed by atoms with Crippen LogP contribution < -0.4 is 15.6 Å². The van der Waals surface area contributed by atoms with Gasteiger partial charge in [-0.15, -0.1) is 10.2 Å². The van der Waals surface area contributed by atoms with Crippen molar-refractivity contribution in [3.05, 3.63) is 40.4 Å². The van der Waals surface area contributed by atoms with Gasteiger partial charge >= 0.3 is 0 Å². The van der Waals surface area contributed by atoms with Crippen molar-refractivity contribution in [1.29, 1.82) is 0 Å². The Kier molecular flexibility index (Phi) is 4.43. The van der Waals surface area contributed by atoms with Gasteiger partial charge in [0.05, 0.1) is 23.2 Å². The summed E-state index contributed by atoms with van der Waals surface area (Å²) in [5.74, 6) is 0.984. The second-order valence-electron chi connectivity index (χ2n) is 8.13. The van der Waals surface area contributed by atoms with E-state index in [1.54, 1.807) is 18.9 Å². The fourth-order valence-electron chi connectivity index (χ4n) is 4.56. The molecule has 2 aromatic heterocycles. The topological polar surface area (TPSA) is 104 Å². The number of aromatic nitrogens is 3. The van der Waals surface area contributed by atoms with Gasteiger partial charge in [0.2, 0.25) is 0 Å². The minimum Gasteiger partial charge on any atom is -0.507 e. The molecule has 2 aliphatic heterocycles. The first-order chi connectivity index (χ1) is 14.4. The Labute approximate surface area is 171 Å². The van der Waals surface area contributed by atoms with Gasteiger partial charge in [-0.1, -0.05) is 0 Å². The predicted molar refractivity (Wildman–Crippen MR) is 109 cm³/mol. The average molecular weight is 411 g/mol. The second-order valence-corrected chi connectivity index (χ2v) is 8.13. The van der Waals surface area contributed by atoms with Crippen molar-refractivity contribution in [2.75, 3.05) is 11.9 Å². The van der Waals surface area contributed by atoms with Crippen molar-refractivity contribution in [3.8, 4) is 17.1 Å². The molecule has 0 spiro atoms. The van der Waals surface area contributed by atoms with Crippen LogP contribution in [0.2, 0.25) is 0 Å².